The normalized spacial score (nSPS) is 16.6. The summed E-state index contributed by atoms with van der Waals surface area (Å²) in [6.45, 7) is 2.15. The van der Waals surface area contributed by atoms with Gasteiger partial charge in [-0.2, -0.15) is 0 Å². The van der Waals surface area contributed by atoms with Crippen LogP contribution in [0.5, 0.6) is 0 Å². The lowest BCUT2D eigenvalue weighted by atomic mass is 9.95. The molecule has 1 N–H and O–H groups in total. The Bertz CT molecular complexity index is 1520. The van der Waals surface area contributed by atoms with Gasteiger partial charge in [-0.15, -0.1) is 0 Å². The molecule has 6 nitrogen and oxygen atoms in total. The second-order valence-corrected chi connectivity index (χ2v) is 9.81. The number of nitrogens with zero attached hydrogens (tertiary/aromatic N) is 3. The van der Waals surface area contributed by atoms with Crippen molar-refractivity contribution < 1.29 is 9.59 Å². The Hall–Kier alpha value is -3.32. The molecule has 2 aromatic carbocycles. The van der Waals surface area contributed by atoms with Crippen LogP contribution in [0.25, 0.3) is 33.0 Å². The number of amides is 2. The van der Waals surface area contributed by atoms with E-state index in [4.69, 9.17) is 0 Å². The van der Waals surface area contributed by atoms with Crippen LogP contribution in [0, 0.1) is 0 Å². The first-order valence-corrected chi connectivity index (χ1v) is 11.9. The van der Waals surface area contributed by atoms with Crippen LogP contribution in [0.15, 0.2) is 53.3 Å². The first kappa shape index (κ1) is 20.3. The van der Waals surface area contributed by atoms with Gasteiger partial charge >= 0.3 is 0 Å². The number of carbonyl (C=O) groups is 2. The van der Waals surface area contributed by atoms with Crippen molar-refractivity contribution >= 4 is 66.4 Å². The van der Waals surface area contributed by atoms with E-state index in [2.05, 4.69) is 44.3 Å². The van der Waals surface area contributed by atoms with Gasteiger partial charge in [-0.1, -0.05) is 28.1 Å². The van der Waals surface area contributed by atoms with Gasteiger partial charge in [0.25, 0.3) is 11.8 Å². The summed E-state index contributed by atoms with van der Waals surface area (Å²) in [5.74, 6) is -0.698. The second kappa shape index (κ2) is 7.35. The molecule has 0 saturated carbocycles. The van der Waals surface area contributed by atoms with Crippen LogP contribution in [-0.4, -0.2) is 34.0 Å². The fourth-order valence-electron chi connectivity index (χ4n) is 5.27. The van der Waals surface area contributed by atoms with Gasteiger partial charge in [-0.25, -0.2) is 0 Å². The molecular weight excluding hydrogens is 480 g/mol. The average Bonchev–Trinajstić information content (AvgIpc) is 3.55. The van der Waals surface area contributed by atoms with Gasteiger partial charge in [0, 0.05) is 77.2 Å². The van der Waals surface area contributed by atoms with Crippen LogP contribution >= 0.6 is 15.9 Å². The third-order valence-electron chi connectivity index (χ3n) is 6.87. The summed E-state index contributed by atoms with van der Waals surface area (Å²) in [4.78, 5) is 28.5. The molecule has 2 amide bonds. The van der Waals surface area contributed by atoms with Gasteiger partial charge in [-0.3, -0.25) is 14.9 Å². The number of halogens is 1. The van der Waals surface area contributed by atoms with Crippen molar-refractivity contribution in [2.24, 2.45) is 14.1 Å². The number of aromatic nitrogens is 2. The quantitative estimate of drug-likeness (QED) is 0.416. The number of rotatable bonds is 3. The highest BCUT2D eigenvalue weighted by Gasteiger charge is 2.35. The molecule has 0 unspecified atom stereocenters. The van der Waals surface area contributed by atoms with Gasteiger partial charge < -0.3 is 14.0 Å². The van der Waals surface area contributed by atoms with Crippen molar-refractivity contribution in [1.29, 1.82) is 0 Å². The Labute approximate surface area is 199 Å². The number of carbonyl (C=O) groups excluding carboxylic acids is 2. The molecule has 2 aliphatic heterocycles. The maximum Gasteiger partial charge on any atom is 0.259 e. The Kier molecular flexibility index (Phi) is 4.52. The van der Waals surface area contributed by atoms with Crippen molar-refractivity contribution in [1.82, 2.24) is 14.5 Å². The van der Waals surface area contributed by atoms with Gasteiger partial charge in [0.2, 0.25) is 0 Å². The lowest BCUT2D eigenvalue weighted by molar-refractivity contribution is -0.122. The summed E-state index contributed by atoms with van der Waals surface area (Å²) in [7, 11) is 3.94. The van der Waals surface area contributed by atoms with Gasteiger partial charge in [0.15, 0.2) is 0 Å². The fourth-order valence-corrected chi connectivity index (χ4v) is 5.62. The first-order chi connectivity index (χ1) is 15.9. The minimum atomic E-state index is -0.351. The number of benzene rings is 2. The lowest BCUT2D eigenvalue weighted by Crippen LogP contribution is -2.22. The number of nitrogens with one attached hydrogen (secondary N) is 1. The number of fused-ring (bicyclic) bond motifs is 2. The summed E-state index contributed by atoms with van der Waals surface area (Å²) in [6.07, 6.45) is 6.34. The number of aryl methyl sites for hydroxylation is 2. The number of hydrogen-bond donors (Lipinski definition) is 1. The number of imide groups is 1. The second-order valence-electron chi connectivity index (χ2n) is 8.90. The van der Waals surface area contributed by atoms with Crippen LogP contribution in [0.3, 0.4) is 0 Å². The number of anilines is 1. The fraction of sp³-hybridized carbons (Fsp3) is 0.231. The Morgan fingerprint density at radius 3 is 1.94 bits per heavy atom. The zero-order valence-electron chi connectivity index (χ0n) is 18.5. The van der Waals surface area contributed by atoms with E-state index in [0.717, 1.165) is 50.5 Å². The molecule has 2 aliphatic rings. The lowest BCUT2D eigenvalue weighted by Gasteiger charge is -2.17. The maximum absolute atomic E-state index is 13.1. The molecule has 7 heteroatoms. The highest BCUT2D eigenvalue weighted by atomic mass is 79.9. The first-order valence-electron chi connectivity index (χ1n) is 11.1. The molecule has 1 fully saturated rings. The highest BCUT2D eigenvalue weighted by molar-refractivity contribution is 9.10. The Balaban J connectivity index is 1.58. The van der Waals surface area contributed by atoms with Crippen LogP contribution in [0.2, 0.25) is 0 Å². The molecule has 0 spiro atoms. The zero-order valence-corrected chi connectivity index (χ0v) is 20.1. The van der Waals surface area contributed by atoms with Crippen molar-refractivity contribution in [2.45, 2.75) is 12.8 Å². The molecule has 6 rings (SSSR count). The smallest absolute Gasteiger partial charge is 0.259 e. The molecule has 0 aliphatic carbocycles. The standard InChI is InChI=1S/C26H23BrN4O2/c1-29-13-19(17-7-5-15(27)11-21(17)29)23-24(26(33)28-25(23)32)20-14-30(2)22-12-16(6-8-18(20)22)31-9-3-4-10-31/h5-8,11-14H,3-4,9-10H2,1-2H3,(H,28,32,33). The van der Waals surface area contributed by atoms with E-state index in [1.807, 2.05) is 53.8 Å². The van der Waals surface area contributed by atoms with E-state index in [1.54, 1.807) is 0 Å². The van der Waals surface area contributed by atoms with Crippen LogP contribution in [-0.2, 0) is 23.7 Å². The molecule has 2 aromatic heterocycles. The number of hydrogen-bond acceptors (Lipinski definition) is 3. The van der Waals surface area contributed by atoms with Gasteiger partial charge in [0.1, 0.15) is 0 Å². The third-order valence-corrected chi connectivity index (χ3v) is 7.36. The predicted octanol–water partition coefficient (Wildman–Crippen LogP) is 4.60. The Morgan fingerprint density at radius 1 is 0.788 bits per heavy atom. The molecule has 0 radical (unpaired) electrons. The summed E-state index contributed by atoms with van der Waals surface area (Å²) in [5, 5.41) is 4.45. The van der Waals surface area contributed by atoms with Crippen molar-refractivity contribution in [2.75, 3.05) is 18.0 Å². The van der Waals surface area contributed by atoms with Crippen LogP contribution in [0.1, 0.15) is 24.0 Å². The zero-order chi connectivity index (χ0) is 22.9. The van der Waals surface area contributed by atoms with Crippen molar-refractivity contribution in [3.8, 4) is 0 Å². The van der Waals surface area contributed by atoms with E-state index in [9.17, 15) is 9.59 Å². The van der Waals surface area contributed by atoms with E-state index < -0.39 is 0 Å². The Morgan fingerprint density at radius 2 is 1.33 bits per heavy atom. The minimum Gasteiger partial charge on any atom is -0.371 e. The van der Waals surface area contributed by atoms with E-state index in [-0.39, 0.29) is 11.8 Å². The van der Waals surface area contributed by atoms with Crippen molar-refractivity contribution in [3.05, 3.63) is 64.4 Å². The maximum atomic E-state index is 13.1. The molecule has 4 aromatic rings. The summed E-state index contributed by atoms with van der Waals surface area (Å²) in [6, 6.07) is 12.4. The van der Waals surface area contributed by atoms with E-state index in [1.165, 1.54) is 18.5 Å². The van der Waals surface area contributed by atoms with Crippen molar-refractivity contribution in [3.63, 3.8) is 0 Å². The molecule has 0 bridgehead atoms. The molecule has 4 heterocycles. The van der Waals surface area contributed by atoms with Gasteiger partial charge in [-0.05, 0) is 37.1 Å². The molecular formula is C26H23BrN4O2. The third kappa shape index (κ3) is 3.06. The van der Waals surface area contributed by atoms with Crippen LogP contribution < -0.4 is 10.2 Å². The minimum absolute atomic E-state index is 0.347. The predicted molar refractivity (Wildman–Crippen MR) is 135 cm³/mol. The topological polar surface area (TPSA) is 59.3 Å². The summed E-state index contributed by atoms with van der Waals surface area (Å²) >= 11 is 3.52. The molecule has 33 heavy (non-hydrogen) atoms. The molecule has 166 valence electrons. The molecule has 1 saturated heterocycles. The highest BCUT2D eigenvalue weighted by Crippen LogP contribution is 2.39. The van der Waals surface area contributed by atoms with E-state index in [0.29, 0.717) is 11.1 Å². The monoisotopic (exact) mass is 502 g/mol. The van der Waals surface area contributed by atoms with Crippen LogP contribution in [0.4, 0.5) is 5.69 Å². The average molecular weight is 503 g/mol. The largest absolute Gasteiger partial charge is 0.371 e. The summed E-state index contributed by atoms with van der Waals surface area (Å²) in [5.41, 5.74) is 5.67. The molecule has 0 atom stereocenters. The van der Waals surface area contributed by atoms with E-state index >= 15 is 0 Å². The summed E-state index contributed by atoms with van der Waals surface area (Å²) < 4.78 is 5.00. The SMILES string of the molecule is Cn1cc(C2=C(c3cn(C)c4cc(N5CCCC5)ccc34)C(=O)NC2=O)c2ccc(Br)cc21. The van der Waals surface area contributed by atoms with Gasteiger partial charge in [0.05, 0.1) is 16.7 Å².